The second-order valence-corrected chi connectivity index (χ2v) is 8.47. The first-order valence-corrected chi connectivity index (χ1v) is 8.60. The van der Waals surface area contributed by atoms with Crippen molar-refractivity contribution in [1.82, 2.24) is 9.88 Å². The molecule has 2 aliphatic heterocycles. The number of carbonyl (C=O) groups is 1. The summed E-state index contributed by atoms with van der Waals surface area (Å²) in [5, 5.41) is 0. The van der Waals surface area contributed by atoms with Gasteiger partial charge in [-0.2, -0.15) is 0 Å². The quantitative estimate of drug-likeness (QED) is 0.611. The van der Waals surface area contributed by atoms with Crippen LogP contribution >= 0.6 is 11.3 Å². The maximum absolute atomic E-state index is 12.7. The van der Waals surface area contributed by atoms with Gasteiger partial charge in [-0.05, 0) is 17.5 Å². The zero-order valence-electron chi connectivity index (χ0n) is 12.9. The average molecular weight is 312 g/mol. The van der Waals surface area contributed by atoms with Crippen molar-refractivity contribution in [1.29, 1.82) is 0 Å². The van der Waals surface area contributed by atoms with Crippen molar-refractivity contribution in [2.75, 3.05) is 0 Å². The number of carbonyl (C=O) groups excluding carboxylic acids is 1. The van der Waals surface area contributed by atoms with Gasteiger partial charge in [0.2, 0.25) is 5.91 Å². The molecule has 1 saturated carbocycles. The Morgan fingerprint density at radius 1 is 1.50 bits per heavy atom. The highest BCUT2D eigenvalue weighted by molar-refractivity contribution is 7.20. The van der Waals surface area contributed by atoms with Gasteiger partial charge in [0.25, 0.3) is 0 Å². The van der Waals surface area contributed by atoms with Crippen LogP contribution in [0, 0.1) is 17.3 Å². The summed E-state index contributed by atoms with van der Waals surface area (Å²) in [7, 11) is 2.10. The Bertz CT molecular complexity index is 818. The molecule has 1 amide bonds. The molecule has 0 aromatic carbocycles. The molecule has 6 heteroatoms. The number of amides is 1. The molecule has 1 aliphatic carbocycles. The Morgan fingerprint density at radius 3 is 3.09 bits per heavy atom. The summed E-state index contributed by atoms with van der Waals surface area (Å²) in [6, 6.07) is 4.15. The lowest BCUT2D eigenvalue weighted by molar-refractivity contribution is -0.137. The van der Waals surface area contributed by atoms with Crippen LogP contribution in [0.4, 0.5) is 0 Å². The maximum atomic E-state index is 12.7. The van der Waals surface area contributed by atoms with E-state index in [4.69, 9.17) is 4.74 Å². The van der Waals surface area contributed by atoms with Gasteiger partial charge >= 0.3 is 0 Å². The zero-order chi connectivity index (χ0) is 15.2. The van der Waals surface area contributed by atoms with Crippen LogP contribution in [0.3, 0.4) is 0 Å². The van der Waals surface area contributed by atoms with Gasteiger partial charge in [-0.3, -0.25) is 9.78 Å². The van der Waals surface area contributed by atoms with E-state index < -0.39 is 0 Å². The minimum absolute atomic E-state index is 0.00907. The van der Waals surface area contributed by atoms with Crippen LogP contribution in [0.25, 0.3) is 10.2 Å². The van der Waals surface area contributed by atoms with E-state index >= 15 is 0 Å². The van der Waals surface area contributed by atoms with Crippen molar-refractivity contribution >= 4 is 40.8 Å². The van der Waals surface area contributed by atoms with Crippen LogP contribution < -0.4 is 5.46 Å². The summed E-state index contributed by atoms with van der Waals surface area (Å²) >= 11 is 1.74. The summed E-state index contributed by atoms with van der Waals surface area (Å²) < 4.78 is 7.04. The van der Waals surface area contributed by atoms with Crippen molar-refractivity contribution in [3.05, 3.63) is 23.2 Å². The van der Waals surface area contributed by atoms with E-state index in [1.807, 2.05) is 17.2 Å². The Balaban J connectivity index is 1.46. The topological polar surface area (TPSA) is 45.7 Å². The van der Waals surface area contributed by atoms with Crippen molar-refractivity contribution in [2.24, 2.45) is 17.3 Å². The number of fused-ring (bicyclic) bond motifs is 4. The normalized spacial score (nSPS) is 34.5. The molecule has 3 aliphatic rings. The standard InChI is InChI=1S/C16H17BN2O2S/c1-16(2)10-11(16)14(20)19(15-12(10)21-15)6-7-5-9-13(22-7)8(17)3-4-18-9/h3-5,10-12,15H,6,17H2,1-2H3. The molecule has 4 unspecified atom stereocenters. The third-order valence-electron chi connectivity index (χ3n) is 5.61. The van der Waals surface area contributed by atoms with Crippen molar-refractivity contribution in [3.63, 3.8) is 0 Å². The van der Waals surface area contributed by atoms with Crippen LogP contribution in [-0.2, 0) is 16.1 Å². The molecular formula is C16H17BN2O2S. The third-order valence-corrected chi connectivity index (χ3v) is 6.85. The number of nitrogens with zero attached hydrogens (tertiary/aromatic N) is 2. The Kier molecular flexibility index (Phi) is 2.33. The van der Waals surface area contributed by atoms with Gasteiger partial charge in [0.15, 0.2) is 6.23 Å². The summed E-state index contributed by atoms with van der Waals surface area (Å²) in [5.74, 6) is 0.869. The molecule has 22 heavy (non-hydrogen) atoms. The monoisotopic (exact) mass is 312 g/mol. The number of hydrogen-bond acceptors (Lipinski definition) is 4. The Labute approximate surface area is 133 Å². The average Bonchev–Trinajstić information content (AvgIpc) is 3.29. The van der Waals surface area contributed by atoms with Gasteiger partial charge in [-0.1, -0.05) is 19.3 Å². The fourth-order valence-corrected chi connectivity index (χ4v) is 5.30. The lowest BCUT2D eigenvalue weighted by atomic mass is 9.97. The SMILES string of the molecule is Bc1ccnc2cc(CN3C(=O)C4C(C5OC53)C4(C)C)sc12. The number of pyridine rings is 1. The van der Waals surface area contributed by atoms with E-state index in [1.54, 1.807) is 11.3 Å². The molecule has 0 N–H and O–H groups in total. The first kappa shape index (κ1) is 13.1. The van der Waals surface area contributed by atoms with Gasteiger partial charge in [-0.25, -0.2) is 0 Å². The number of thiophene rings is 1. The number of ether oxygens (including phenoxy) is 1. The number of likely N-dealkylation sites (tertiary alicyclic amines) is 1. The molecule has 0 spiro atoms. The predicted molar refractivity (Wildman–Crippen MR) is 87.8 cm³/mol. The molecule has 3 fully saturated rings. The highest BCUT2D eigenvalue weighted by Crippen LogP contribution is 2.68. The highest BCUT2D eigenvalue weighted by atomic mass is 32.1. The van der Waals surface area contributed by atoms with Crippen LogP contribution in [-0.4, -0.2) is 36.0 Å². The van der Waals surface area contributed by atoms with Crippen LogP contribution in [0.5, 0.6) is 0 Å². The molecule has 112 valence electrons. The van der Waals surface area contributed by atoms with Gasteiger partial charge in [0.05, 0.1) is 12.1 Å². The molecule has 0 radical (unpaired) electrons. The second-order valence-electron chi connectivity index (χ2n) is 7.34. The van der Waals surface area contributed by atoms with Crippen LogP contribution in [0.15, 0.2) is 18.3 Å². The van der Waals surface area contributed by atoms with E-state index in [2.05, 4.69) is 32.7 Å². The number of epoxide rings is 1. The largest absolute Gasteiger partial charge is 0.347 e. The van der Waals surface area contributed by atoms with Crippen molar-refractivity contribution < 1.29 is 9.53 Å². The van der Waals surface area contributed by atoms with Gasteiger partial charge < -0.3 is 9.64 Å². The number of hydrogen-bond donors (Lipinski definition) is 0. The fraction of sp³-hybridized carbons (Fsp3) is 0.500. The molecule has 0 bridgehead atoms. The minimum atomic E-state index is 0.00907. The number of piperidine rings is 1. The fourth-order valence-electron chi connectivity index (χ4n) is 4.22. The molecule has 2 saturated heterocycles. The first-order chi connectivity index (χ1) is 10.5. The smallest absolute Gasteiger partial charge is 0.229 e. The minimum Gasteiger partial charge on any atom is -0.347 e. The molecule has 2 aromatic heterocycles. The lowest BCUT2D eigenvalue weighted by Crippen LogP contribution is -2.39. The zero-order valence-corrected chi connectivity index (χ0v) is 13.7. The summed E-state index contributed by atoms with van der Waals surface area (Å²) in [6.45, 7) is 5.03. The van der Waals surface area contributed by atoms with E-state index in [-0.39, 0.29) is 29.6 Å². The van der Waals surface area contributed by atoms with E-state index in [0.29, 0.717) is 12.5 Å². The molecule has 4 atom stereocenters. The molecular weight excluding hydrogens is 295 g/mol. The molecule has 2 aromatic rings. The lowest BCUT2D eigenvalue weighted by Gasteiger charge is -2.22. The Morgan fingerprint density at radius 2 is 2.32 bits per heavy atom. The van der Waals surface area contributed by atoms with Crippen molar-refractivity contribution in [2.45, 2.75) is 32.7 Å². The van der Waals surface area contributed by atoms with Gasteiger partial charge in [0.1, 0.15) is 14.0 Å². The van der Waals surface area contributed by atoms with E-state index in [0.717, 1.165) is 5.52 Å². The summed E-state index contributed by atoms with van der Waals surface area (Å²) in [5.41, 5.74) is 2.39. The molecule has 5 rings (SSSR count). The van der Waals surface area contributed by atoms with E-state index in [1.165, 1.54) is 15.0 Å². The van der Waals surface area contributed by atoms with Crippen molar-refractivity contribution in [3.8, 4) is 0 Å². The number of aromatic nitrogens is 1. The summed E-state index contributed by atoms with van der Waals surface area (Å²) in [6.07, 6.45) is 2.12. The first-order valence-electron chi connectivity index (χ1n) is 7.78. The Hall–Kier alpha value is -1.40. The van der Waals surface area contributed by atoms with E-state index in [9.17, 15) is 4.79 Å². The van der Waals surface area contributed by atoms with Gasteiger partial charge in [-0.15, -0.1) is 11.3 Å². The maximum Gasteiger partial charge on any atom is 0.229 e. The predicted octanol–water partition coefficient (Wildman–Crippen LogP) is 0.894. The summed E-state index contributed by atoms with van der Waals surface area (Å²) in [4.78, 5) is 20.3. The van der Waals surface area contributed by atoms with Crippen LogP contribution in [0.1, 0.15) is 18.7 Å². The highest BCUT2D eigenvalue weighted by Gasteiger charge is 2.76. The third kappa shape index (κ3) is 1.57. The van der Waals surface area contributed by atoms with Gasteiger partial charge in [0, 0.05) is 27.6 Å². The number of rotatable bonds is 2. The van der Waals surface area contributed by atoms with Crippen LogP contribution in [0.2, 0.25) is 0 Å². The molecule has 4 heterocycles. The molecule has 4 nitrogen and oxygen atoms in total. The second kappa shape index (κ2) is 3.92.